The van der Waals surface area contributed by atoms with Crippen LogP contribution in [0.2, 0.25) is 0 Å². The SMILES string of the molecule is O=C(NCC(O)c1ccsc1)Nc1ccc2c(c1)COC2. The zero-order chi connectivity index (χ0) is 14.7. The molecule has 2 heterocycles. The maximum Gasteiger partial charge on any atom is 0.319 e. The van der Waals surface area contributed by atoms with E-state index < -0.39 is 6.10 Å². The van der Waals surface area contributed by atoms with Gasteiger partial charge >= 0.3 is 6.03 Å². The number of ether oxygens (including phenoxy) is 1. The Labute approximate surface area is 126 Å². The molecule has 110 valence electrons. The minimum atomic E-state index is -0.685. The van der Waals surface area contributed by atoms with Gasteiger partial charge in [0.2, 0.25) is 0 Å². The van der Waals surface area contributed by atoms with Gasteiger partial charge in [-0.1, -0.05) is 6.07 Å². The van der Waals surface area contributed by atoms with Crippen molar-refractivity contribution in [2.24, 2.45) is 0 Å². The van der Waals surface area contributed by atoms with Crippen LogP contribution in [-0.2, 0) is 18.0 Å². The second-order valence-corrected chi connectivity index (χ2v) is 5.66. The lowest BCUT2D eigenvalue weighted by atomic mass is 10.1. The molecule has 2 amide bonds. The van der Waals surface area contributed by atoms with Crippen molar-refractivity contribution in [1.29, 1.82) is 0 Å². The first kappa shape index (κ1) is 14.1. The molecule has 0 bridgehead atoms. The van der Waals surface area contributed by atoms with Crippen LogP contribution in [0.3, 0.4) is 0 Å². The first-order chi connectivity index (χ1) is 10.2. The third-order valence-electron chi connectivity index (χ3n) is 3.36. The minimum absolute atomic E-state index is 0.177. The first-order valence-corrected chi connectivity index (χ1v) is 7.61. The Morgan fingerprint density at radius 3 is 3.00 bits per heavy atom. The number of urea groups is 1. The predicted octanol–water partition coefficient (Wildman–Crippen LogP) is 2.63. The van der Waals surface area contributed by atoms with Crippen LogP contribution in [0, 0.1) is 0 Å². The molecule has 6 heteroatoms. The second kappa shape index (κ2) is 6.26. The smallest absolute Gasteiger partial charge is 0.319 e. The van der Waals surface area contributed by atoms with Crippen LogP contribution < -0.4 is 10.6 Å². The van der Waals surface area contributed by atoms with Crippen LogP contribution in [0.1, 0.15) is 22.8 Å². The van der Waals surface area contributed by atoms with Crippen molar-refractivity contribution >= 4 is 23.1 Å². The van der Waals surface area contributed by atoms with Gasteiger partial charge in [-0.2, -0.15) is 11.3 Å². The summed E-state index contributed by atoms with van der Waals surface area (Å²) in [6, 6.07) is 7.23. The highest BCUT2D eigenvalue weighted by Gasteiger charge is 2.13. The second-order valence-electron chi connectivity index (χ2n) is 4.88. The van der Waals surface area contributed by atoms with Crippen LogP contribution in [0.25, 0.3) is 0 Å². The van der Waals surface area contributed by atoms with E-state index in [-0.39, 0.29) is 12.6 Å². The van der Waals surface area contributed by atoms with Gasteiger partial charge in [0.05, 0.1) is 19.3 Å². The van der Waals surface area contributed by atoms with Gasteiger partial charge in [0, 0.05) is 12.2 Å². The molecular formula is C15H16N2O3S. The molecule has 1 aliphatic heterocycles. The molecule has 0 aliphatic carbocycles. The van der Waals surface area contributed by atoms with Crippen molar-refractivity contribution in [3.8, 4) is 0 Å². The summed E-state index contributed by atoms with van der Waals surface area (Å²) < 4.78 is 5.33. The molecule has 1 unspecified atom stereocenters. The van der Waals surface area contributed by atoms with Gasteiger partial charge in [0.1, 0.15) is 0 Å². The topological polar surface area (TPSA) is 70.6 Å². The third-order valence-corrected chi connectivity index (χ3v) is 4.06. The average molecular weight is 304 g/mol. The van der Waals surface area contributed by atoms with Crippen molar-refractivity contribution in [2.75, 3.05) is 11.9 Å². The molecule has 0 radical (unpaired) electrons. The Morgan fingerprint density at radius 2 is 2.19 bits per heavy atom. The van der Waals surface area contributed by atoms with Gasteiger partial charge < -0.3 is 20.5 Å². The number of nitrogens with one attached hydrogen (secondary N) is 2. The van der Waals surface area contributed by atoms with Crippen LogP contribution in [0.15, 0.2) is 35.0 Å². The normalized spacial score (nSPS) is 14.5. The van der Waals surface area contributed by atoms with Gasteiger partial charge in [-0.3, -0.25) is 0 Å². The van der Waals surface area contributed by atoms with Crippen LogP contribution in [0.4, 0.5) is 10.5 Å². The van der Waals surface area contributed by atoms with E-state index in [0.29, 0.717) is 13.2 Å². The molecule has 0 saturated heterocycles. The molecule has 0 fully saturated rings. The molecular weight excluding hydrogens is 288 g/mol. The van der Waals surface area contributed by atoms with Crippen molar-refractivity contribution in [3.63, 3.8) is 0 Å². The van der Waals surface area contributed by atoms with E-state index in [2.05, 4.69) is 10.6 Å². The molecule has 2 aromatic rings. The molecule has 1 aliphatic rings. The maximum atomic E-state index is 11.8. The number of carbonyl (C=O) groups excluding carboxylic acids is 1. The quantitative estimate of drug-likeness (QED) is 0.813. The van der Waals surface area contributed by atoms with Crippen molar-refractivity contribution in [2.45, 2.75) is 19.3 Å². The highest BCUT2D eigenvalue weighted by atomic mass is 32.1. The Balaban J connectivity index is 1.52. The highest BCUT2D eigenvalue weighted by Crippen LogP contribution is 2.23. The summed E-state index contributed by atoms with van der Waals surface area (Å²) in [5, 5.41) is 19.1. The van der Waals surface area contributed by atoms with Crippen molar-refractivity contribution in [3.05, 3.63) is 51.7 Å². The Morgan fingerprint density at radius 1 is 1.33 bits per heavy atom. The molecule has 0 spiro atoms. The number of fused-ring (bicyclic) bond motifs is 1. The minimum Gasteiger partial charge on any atom is -0.387 e. The van der Waals surface area contributed by atoms with Gasteiger partial charge in [-0.15, -0.1) is 0 Å². The average Bonchev–Trinajstić information content (AvgIpc) is 3.15. The number of thiophene rings is 1. The lowest BCUT2D eigenvalue weighted by molar-refractivity contribution is 0.134. The molecule has 3 rings (SSSR count). The number of hydrogen-bond donors (Lipinski definition) is 3. The fraction of sp³-hybridized carbons (Fsp3) is 0.267. The predicted molar refractivity (Wildman–Crippen MR) is 81.2 cm³/mol. The van der Waals surface area contributed by atoms with E-state index in [0.717, 1.165) is 22.4 Å². The van der Waals surface area contributed by atoms with Gasteiger partial charge in [-0.25, -0.2) is 4.79 Å². The molecule has 1 aromatic carbocycles. The number of anilines is 1. The number of amides is 2. The molecule has 3 N–H and O–H groups in total. The van der Waals surface area contributed by atoms with E-state index in [4.69, 9.17) is 4.74 Å². The maximum absolute atomic E-state index is 11.8. The highest BCUT2D eigenvalue weighted by molar-refractivity contribution is 7.07. The number of aliphatic hydroxyl groups is 1. The molecule has 1 atom stereocenters. The van der Waals surface area contributed by atoms with Gasteiger partial charge in [0.25, 0.3) is 0 Å². The third kappa shape index (κ3) is 3.41. The van der Waals surface area contributed by atoms with E-state index in [9.17, 15) is 9.90 Å². The first-order valence-electron chi connectivity index (χ1n) is 6.67. The van der Waals surface area contributed by atoms with Gasteiger partial charge in [-0.05, 0) is 45.6 Å². The number of hydrogen-bond acceptors (Lipinski definition) is 4. The number of carbonyl (C=O) groups is 1. The lowest BCUT2D eigenvalue weighted by Gasteiger charge is -2.12. The Hall–Kier alpha value is -1.89. The van der Waals surface area contributed by atoms with E-state index in [1.54, 1.807) is 0 Å². The van der Waals surface area contributed by atoms with Crippen LogP contribution >= 0.6 is 11.3 Å². The zero-order valence-corrected chi connectivity index (χ0v) is 12.2. The Kier molecular flexibility index (Phi) is 4.19. The zero-order valence-electron chi connectivity index (χ0n) is 11.3. The summed E-state index contributed by atoms with van der Waals surface area (Å²) in [5.74, 6) is 0. The molecule has 21 heavy (non-hydrogen) atoms. The Bertz CT molecular complexity index is 628. The fourth-order valence-corrected chi connectivity index (χ4v) is 2.90. The summed E-state index contributed by atoms with van der Waals surface area (Å²) in [6.45, 7) is 1.40. The fourth-order valence-electron chi connectivity index (χ4n) is 2.20. The summed E-state index contributed by atoms with van der Waals surface area (Å²) in [4.78, 5) is 11.8. The summed E-state index contributed by atoms with van der Waals surface area (Å²) >= 11 is 1.52. The standard InChI is InChI=1S/C15H16N2O3S/c18-14(11-3-4-21-9-11)6-16-15(19)17-13-2-1-10-7-20-8-12(10)5-13/h1-5,9,14,18H,6-8H2,(H2,16,17,19). The summed E-state index contributed by atoms with van der Waals surface area (Å²) in [5.41, 5.74) is 3.80. The molecule has 0 saturated carbocycles. The van der Waals surface area contributed by atoms with Crippen molar-refractivity contribution in [1.82, 2.24) is 5.32 Å². The summed E-state index contributed by atoms with van der Waals surface area (Å²) in [7, 11) is 0. The largest absolute Gasteiger partial charge is 0.387 e. The summed E-state index contributed by atoms with van der Waals surface area (Å²) in [6.07, 6.45) is -0.685. The van der Waals surface area contributed by atoms with Crippen LogP contribution in [0.5, 0.6) is 0 Å². The van der Waals surface area contributed by atoms with Crippen molar-refractivity contribution < 1.29 is 14.6 Å². The van der Waals surface area contributed by atoms with Crippen LogP contribution in [-0.4, -0.2) is 17.7 Å². The molecule has 1 aromatic heterocycles. The number of aliphatic hydroxyl groups excluding tert-OH is 1. The molecule has 5 nitrogen and oxygen atoms in total. The number of rotatable bonds is 4. The van der Waals surface area contributed by atoms with Gasteiger partial charge in [0.15, 0.2) is 0 Å². The van der Waals surface area contributed by atoms with E-state index >= 15 is 0 Å². The monoisotopic (exact) mass is 304 g/mol. The van der Waals surface area contributed by atoms with E-state index in [1.807, 2.05) is 35.0 Å². The van der Waals surface area contributed by atoms with E-state index in [1.165, 1.54) is 11.3 Å². The number of benzene rings is 1. The lowest BCUT2D eigenvalue weighted by Crippen LogP contribution is -2.32.